The molecule has 5 nitrogen and oxygen atoms in total. The monoisotopic (exact) mass is 288 g/mol. The fourth-order valence-electron chi connectivity index (χ4n) is 1.67. The van der Waals surface area contributed by atoms with Crippen molar-refractivity contribution in [3.63, 3.8) is 0 Å². The van der Waals surface area contributed by atoms with Crippen molar-refractivity contribution in [3.8, 4) is 17.2 Å². The van der Waals surface area contributed by atoms with Crippen molar-refractivity contribution in [2.75, 3.05) is 13.2 Å². The lowest BCUT2D eigenvalue weighted by Crippen LogP contribution is -2.16. The molecule has 0 heterocycles. The minimum Gasteiger partial charge on any atom is -0.508 e. The molecule has 0 bridgehead atoms. The third-order valence-corrected chi connectivity index (χ3v) is 2.78. The van der Waals surface area contributed by atoms with Gasteiger partial charge in [-0.15, -0.1) is 0 Å². The third-order valence-electron chi connectivity index (χ3n) is 2.78. The Morgan fingerprint density at radius 2 is 1.48 bits per heavy atom. The highest BCUT2D eigenvalue weighted by Crippen LogP contribution is 2.15. The fourth-order valence-corrected chi connectivity index (χ4v) is 1.67. The number of ether oxygens (including phenoxy) is 2. The largest absolute Gasteiger partial charge is 0.508 e. The van der Waals surface area contributed by atoms with Crippen molar-refractivity contribution >= 4 is 5.97 Å². The summed E-state index contributed by atoms with van der Waals surface area (Å²) in [6, 6.07) is 12.8. The molecule has 0 aromatic heterocycles. The summed E-state index contributed by atoms with van der Waals surface area (Å²) in [4.78, 5) is 11.5. The maximum absolute atomic E-state index is 11.5. The smallest absolute Gasteiger partial charge is 0.344 e. The van der Waals surface area contributed by atoms with Gasteiger partial charge in [0.1, 0.15) is 17.2 Å². The lowest BCUT2D eigenvalue weighted by atomic mass is 10.1. The van der Waals surface area contributed by atoms with E-state index in [1.54, 1.807) is 36.4 Å². The van der Waals surface area contributed by atoms with Crippen LogP contribution in [0.2, 0.25) is 0 Å². The molecule has 110 valence electrons. The molecule has 0 aliphatic heterocycles. The van der Waals surface area contributed by atoms with Gasteiger partial charge in [-0.05, 0) is 42.0 Å². The minimum absolute atomic E-state index is 0.138. The second-order valence-electron chi connectivity index (χ2n) is 4.42. The molecule has 0 radical (unpaired) electrons. The molecule has 0 amide bonds. The van der Waals surface area contributed by atoms with Crippen LogP contribution in [0.25, 0.3) is 0 Å². The van der Waals surface area contributed by atoms with Gasteiger partial charge >= 0.3 is 5.97 Å². The Morgan fingerprint density at radius 1 is 0.905 bits per heavy atom. The van der Waals surface area contributed by atoms with Crippen LogP contribution < -0.4 is 4.74 Å². The predicted octanol–water partition coefficient (Wildman–Crippen LogP) is 2.26. The highest BCUT2D eigenvalue weighted by molar-refractivity contribution is 5.71. The Hall–Kier alpha value is -2.69. The molecule has 2 N–H and O–H groups in total. The molecule has 0 aliphatic rings. The number of phenolic OH excluding ortho intramolecular Hbond substituents is 2. The molecule has 0 unspecified atom stereocenters. The first-order chi connectivity index (χ1) is 10.1. The molecular formula is C16H16O5. The van der Waals surface area contributed by atoms with E-state index in [-0.39, 0.29) is 24.7 Å². The molecule has 2 aromatic rings. The zero-order valence-corrected chi connectivity index (χ0v) is 11.4. The van der Waals surface area contributed by atoms with Crippen LogP contribution in [0.5, 0.6) is 17.2 Å². The van der Waals surface area contributed by atoms with E-state index >= 15 is 0 Å². The van der Waals surface area contributed by atoms with E-state index in [9.17, 15) is 4.79 Å². The number of hydrogen-bond acceptors (Lipinski definition) is 5. The summed E-state index contributed by atoms with van der Waals surface area (Å²) in [5, 5.41) is 18.3. The molecule has 2 aromatic carbocycles. The van der Waals surface area contributed by atoms with Crippen molar-refractivity contribution < 1.29 is 24.5 Å². The number of rotatable bonds is 6. The Labute approximate surface area is 122 Å². The highest BCUT2D eigenvalue weighted by atomic mass is 16.6. The molecule has 0 atom stereocenters. The standard InChI is InChI=1S/C16H16O5/c17-13-3-1-12(2-4-13)9-10-20-16(19)11-21-15-7-5-14(18)6-8-15/h1-8,17-18H,9-11H2. The van der Waals surface area contributed by atoms with Crippen LogP contribution in [0.15, 0.2) is 48.5 Å². The van der Waals surface area contributed by atoms with Crippen LogP contribution in [0.3, 0.4) is 0 Å². The molecule has 5 heteroatoms. The number of hydrogen-bond donors (Lipinski definition) is 2. The topological polar surface area (TPSA) is 76.0 Å². The van der Waals surface area contributed by atoms with Crippen molar-refractivity contribution in [1.29, 1.82) is 0 Å². The summed E-state index contributed by atoms with van der Waals surface area (Å²) < 4.78 is 10.3. The Bertz CT molecular complexity index is 575. The maximum atomic E-state index is 11.5. The molecule has 0 saturated heterocycles. The van der Waals surface area contributed by atoms with Gasteiger partial charge < -0.3 is 19.7 Å². The first kappa shape index (κ1) is 14.7. The van der Waals surface area contributed by atoms with E-state index < -0.39 is 5.97 Å². The van der Waals surface area contributed by atoms with Crippen LogP contribution in [-0.4, -0.2) is 29.4 Å². The molecule has 0 spiro atoms. The molecule has 0 saturated carbocycles. The van der Waals surface area contributed by atoms with Crippen LogP contribution in [0.4, 0.5) is 0 Å². The van der Waals surface area contributed by atoms with E-state index in [0.717, 1.165) is 5.56 Å². The quantitative estimate of drug-likeness (QED) is 0.797. The minimum atomic E-state index is -0.457. The molecule has 0 aliphatic carbocycles. The summed E-state index contributed by atoms with van der Waals surface area (Å²) >= 11 is 0. The van der Waals surface area contributed by atoms with Crippen LogP contribution >= 0.6 is 0 Å². The van der Waals surface area contributed by atoms with Gasteiger partial charge in [0, 0.05) is 6.42 Å². The molecule has 21 heavy (non-hydrogen) atoms. The van der Waals surface area contributed by atoms with Gasteiger partial charge in [-0.3, -0.25) is 0 Å². The maximum Gasteiger partial charge on any atom is 0.344 e. The fraction of sp³-hybridized carbons (Fsp3) is 0.188. The van der Waals surface area contributed by atoms with Gasteiger partial charge in [-0.1, -0.05) is 12.1 Å². The van der Waals surface area contributed by atoms with Crippen LogP contribution in [0, 0.1) is 0 Å². The van der Waals surface area contributed by atoms with Crippen LogP contribution in [0.1, 0.15) is 5.56 Å². The normalized spacial score (nSPS) is 10.1. The summed E-state index contributed by atoms with van der Waals surface area (Å²) in [6.07, 6.45) is 0.575. The first-order valence-electron chi connectivity index (χ1n) is 6.49. The number of carbonyl (C=O) groups is 1. The number of aromatic hydroxyl groups is 2. The van der Waals surface area contributed by atoms with E-state index in [4.69, 9.17) is 19.7 Å². The number of esters is 1. The van der Waals surface area contributed by atoms with E-state index in [1.807, 2.05) is 0 Å². The SMILES string of the molecule is O=C(COc1ccc(O)cc1)OCCc1ccc(O)cc1. The first-order valence-corrected chi connectivity index (χ1v) is 6.49. The predicted molar refractivity (Wildman–Crippen MR) is 76.4 cm³/mol. The average Bonchev–Trinajstić information content (AvgIpc) is 2.49. The molecule has 0 fully saturated rings. The summed E-state index contributed by atoms with van der Waals surface area (Å²) in [5.74, 6) is 0.377. The van der Waals surface area contributed by atoms with Crippen molar-refractivity contribution in [1.82, 2.24) is 0 Å². The Morgan fingerprint density at radius 3 is 2.10 bits per heavy atom. The average molecular weight is 288 g/mol. The number of carbonyl (C=O) groups excluding carboxylic acids is 1. The van der Waals surface area contributed by atoms with Crippen molar-refractivity contribution in [2.24, 2.45) is 0 Å². The number of benzene rings is 2. The van der Waals surface area contributed by atoms with Crippen molar-refractivity contribution in [3.05, 3.63) is 54.1 Å². The van der Waals surface area contributed by atoms with E-state index in [2.05, 4.69) is 0 Å². The lowest BCUT2D eigenvalue weighted by Gasteiger charge is -2.07. The van der Waals surface area contributed by atoms with Gasteiger partial charge in [0.15, 0.2) is 6.61 Å². The zero-order chi connectivity index (χ0) is 15.1. The second kappa shape index (κ2) is 7.19. The van der Waals surface area contributed by atoms with Crippen molar-refractivity contribution in [2.45, 2.75) is 6.42 Å². The molecule has 2 rings (SSSR count). The highest BCUT2D eigenvalue weighted by Gasteiger charge is 2.04. The van der Waals surface area contributed by atoms with Gasteiger partial charge in [0.2, 0.25) is 0 Å². The van der Waals surface area contributed by atoms with Gasteiger partial charge in [-0.2, -0.15) is 0 Å². The third kappa shape index (κ3) is 5.06. The van der Waals surface area contributed by atoms with Gasteiger partial charge in [0.05, 0.1) is 6.61 Å². The van der Waals surface area contributed by atoms with Crippen LogP contribution in [-0.2, 0) is 16.0 Å². The Balaban J connectivity index is 1.67. The van der Waals surface area contributed by atoms with E-state index in [1.165, 1.54) is 12.1 Å². The summed E-state index contributed by atoms with van der Waals surface area (Å²) in [6.45, 7) is 0.0723. The van der Waals surface area contributed by atoms with Gasteiger partial charge in [-0.25, -0.2) is 4.79 Å². The summed E-state index contributed by atoms with van der Waals surface area (Å²) in [5.41, 5.74) is 0.972. The Kier molecular flexibility index (Phi) is 5.04. The number of phenols is 2. The second-order valence-corrected chi connectivity index (χ2v) is 4.42. The summed E-state index contributed by atoms with van der Waals surface area (Å²) in [7, 11) is 0. The zero-order valence-electron chi connectivity index (χ0n) is 11.4. The van der Waals surface area contributed by atoms with Gasteiger partial charge in [0.25, 0.3) is 0 Å². The van der Waals surface area contributed by atoms with E-state index in [0.29, 0.717) is 12.2 Å². The molecular weight excluding hydrogens is 272 g/mol. The lowest BCUT2D eigenvalue weighted by molar-refractivity contribution is -0.145.